The van der Waals surface area contributed by atoms with Gasteiger partial charge in [0.1, 0.15) is 0 Å². The van der Waals surface area contributed by atoms with Gasteiger partial charge in [-0.2, -0.15) is 0 Å². The predicted octanol–water partition coefficient (Wildman–Crippen LogP) is 3.35. The summed E-state index contributed by atoms with van der Waals surface area (Å²) in [6, 6.07) is 13.6. The molecule has 1 aliphatic heterocycles. The average Bonchev–Trinajstić information content (AvgIpc) is 2.54. The van der Waals surface area contributed by atoms with Crippen LogP contribution in [0.15, 0.2) is 53.4 Å². The number of rotatable bonds is 2. The minimum absolute atomic E-state index is 0.00196. The number of anilines is 1. The molecule has 0 aliphatic carbocycles. The number of amides is 1. The smallest absolute Gasteiger partial charge is 0.271 e. The van der Waals surface area contributed by atoms with Crippen molar-refractivity contribution < 1.29 is 9.72 Å². The lowest BCUT2D eigenvalue weighted by Crippen LogP contribution is -2.35. The fraction of sp³-hybridized carbons (Fsp3) is 0.133. The normalized spacial score (nSPS) is 13.6. The molecule has 0 radical (unpaired) electrons. The molecule has 21 heavy (non-hydrogen) atoms. The molecule has 0 atom stereocenters. The highest BCUT2D eigenvalue weighted by Gasteiger charge is 2.25. The molecule has 0 bridgehead atoms. The molecule has 5 nitrogen and oxygen atoms in total. The quantitative estimate of drug-likeness (QED) is 0.630. The Kier molecular flexibility index (Phi) is 3.62. The zero-order valence-electron chi connectivity index (χ0n) is 11.1. The van der Waals surface area contributed by atoms with Crippen LogP contribution >= 0.6 is 11.8 Å². The first-order valence-corrected chi connectivity index (χ1v) is 7.43. The Balaban J connectivity index is 2.01. The van der Waals surface area contributed by atoms with Crippen molar-refractivity contribution in [2.24, 2.45) is 0 Å². The van der Waals surface area contributed by atoms with Gasteiger partial charge in [-0.3, -0.25) is 14.9 Å². The predicted molar refractivity (Wildman–Crippen MR) is 81.9 cm³/mol. The number of non-ortho nitro benzene ring substituents is 1. The summed E-state index contributed by atoms with van der Waals surface area (Å²) >= 11 is 1.61. The molecule has 2 aromatic rings. The van der Waals surface area contributed by atoms with Gasteiger partial charge in [-0.15, -0.1) is 11.8 Å². The lowest BCUT2D eigenvalue weighted by atomic mass is 10.1. The Bertz CT molecular complexity index is 703. The largest absolute Gasteiger partial charge is 0.306 e. The number of fused-ring (bicyclic) bond motifs is 1. The zero-order valence-corrected chi connectivity index (χ0v) is 11.9. The molecule has 106 valence electrons. The maximum absolute atomic E-state index is 12.6. The van der Waals surface area contributed by atoms with Crippen LogP contribution in [0.2, 0.25) is 0 Å². The Morgan fingerprint density at radius 3 is 2.67 bits per heavy atom. The van der Waals surface area contributed by atoms with E-state index in [9.17, 15) is 14.9 Å². The fourth-order valence-electron chi connectivity index (χ4n) is 2.27. The van der Waals surface area contributed by atoms with E-state index in [1.54, 1.807) is 47.0 Å². The monoisotopic (exact) mass is 300 g/mol. The molecule has 0 fully saturated rings. The molecule has 2 aromatic carbocycles. The number of carbonyl (C=O) groups excluding carboxylic acids is 1. The van der Waals surface area contributed by atoms with E-state index in [1.807, 2.05) is 6.07 Å². The fourth-order valence-corrected chi connectivity index (χ4v) is 3.24. The second-order valence-electron chi connectivity index (χ2n) is 4.58. The molecular weight excluding hydrogens is 288 g/mol. The SMILES string of the molecule is O=C(c1ccccc1)N1CCSc2ccc([N+](=O)[O-])cc21. The van der Waals surface area contributed by atoms with E-state index in [4.69, 9.17) is 0 Å². The van der Waals surface area contributed by atoms with Crippen molar-refractivity contribution in [3.8, 4) is 0 Å². The second-order valence-corrected chi connectivity index (χ2v) is 5.72. The minimum atomic E-state index is -0.440. The maximum Gasteiger partial charge on any atom is 0.271 e. The number of hydrogen-bond acceptors (Lipinski definition) is 4. The summed E-state index contributed by atoms with van der Waals surface area (Å²) < 4.78 is 0. The number of nitrogens with zero attached hydrogens (tertiary/aromatic N) is 2. The maximum atomic E-state index is 12.6. The summed E-state index contributed by atoms with van der Waals surface area (Å²) in [5.74, 6) is 0.654. The van der Waals surface area contributed by atoms with Crippen molar-refractivity contribution in [1.82, 2.24) is 0 Å². The van der Waals surface area contributed by atoms with Gasteiger partial charge in [0.25, 0.3) is 11.6 Å². The van der Waals surface area contributed by atoms with Crippen LogP contribution in [-0.4, -0.2) is 23.1 Å². The summed E-state index contributed by atoms with van der Waals surface area (Å²) in [6.45, 7) is 0.548. The van der Waals surface area contributed by atoms with Crippen LogP contribution in [0, 0.1) is 10.1 Å². The highest BCUT2D eigenvalue weighted by Crippen LogP contribution is 2.37. The first-order valence-electron chi connectivity index (χ1n) is 6.45. The van der Waals surface area contributed by atoms with Gasteiger partial charge in [0.15, 0.2) is 0 Å². The number of nitro groups is 1. The van der Waals surface area contributed by atoms with Gasteiger partial charge in [0.05, 0.1) is 10.6 Å². The Labute approximate surface area is 125 Å². The molecule has 1 amide bonds. The van der Waals surface area contributed by atoms with Crippen molar-refractivity contribution in [2.75, 3.05) is 17.2 Å². The van der Waals surface area contributed by atoms with Gasteiger partial charge in [-0.25, -0.2) is 0 Å². The molecule has 0 N–H and O–H groups in total. The van der Waals surface area contributed by atoms with E-state index in [-0.39, 0.29) is 11.6 Å². The molecule has 3 rings (SSSR count). The van der Waals surface area contributed by atoms with E-state index in [0.29, 0.717) is 17.8 Å². The Morgan fingerprint density at radius 1 is 1.19 bits per heavy atom. The van der Waals surface area contributed by atoms with E-state index in [0.717, 1.165) is 10.6 Å². The van der Waals surface area contributed by atoms with Crippen LogP contribution in [0.4, 0.5) is 11.4 Å². The number of thioether (sulfide) groups is 1. The molecule has 0 aromatic heterocycles. The third-order valence-corrected chi connectivity index (χ3v) is 4.33. The molecular formula is C15H12N2O3S. The first-order chi connectivity index (χ1) is 10.2. The third kappa shape index (κ3) is 2.62. The van der Waals surface area contributed by atoms with Crippen molar-refractivity contribution in [1.29, 1.82) is 0 Å². The molecule has 0 saturated carbocycles. The lowest BCUT2D eigenvalue weighted by molar-refractivity contribution is -0.384. The molecule has 1 aliphatic rings. The van der Waals surface area contributed by atoms with Gasteiger partial charge >= 0.3 is 0 Å². The Hall–Kier alpha value is -2.34. The van der Waals surface area contributed by atoms with Crippen molar-refractivity contribution in [3.05, 3.63) is 64.2 Å². The zero-order chi connectivity index (χ0) is 14.8. The van der Waals surface area contributed by atoms with E-state index in [1.165, 1.54) is 12.1 Å². The second kappa shape index (κ2) is 5.57. The van der Waals surface area contributed by atoms with Crippen molar-refractivity contribution in [3.63, 3.8) is 0 Å². The summed E-state index contributed by atoms with van der Waals surface area (Å²) in [5.41, 5.74) is 1.21. The summed E-state index contributed by atoms with van der Waals surface area (Å²) in [5, 5.41) is 10.9. The molecule has 0 saturated heterocycles. The van der Waals surface area contributed by atoms with E-state index in [2.05, 4.69) is 0 Å². The van der Waals surface area contributed by atoms with Crippen LogP contribution in [0.5, 0.6) is 0 Å². The molecule has 1 heterocycles. The van der Waals surface area contributed by atoms with Gasteiger partial charge in [-0.1, -0.05) is 18.2 Å². The molecule has 0 spiro atoms. The first kappa shape index (κ1) is 13.6. The topological polar surface area (TPSA) is 63.5 Å². The van der Waals surface area contributed by atoms with Gasteiger partial charge in [0.2, 0.25) is 0 Å². The Morgan fingerprint density at radius 2 is 1.95 bits per heavy atom. The molecule has 6 heteroatoms. The van der Waals surface area contributed by atoms with Gasteiger partial charge in [-0.05, 0) is 18.2 Å². The van der Waals surface area contributed by atoms with Crippen LogP contribution in [0.3, 0.4) is 0 Å². The average molecular weight is 300 g/mol. The summed E-state index contributed by atoms with van der Waals surface area (Å²) in [7, 11) is 0. The highest BCUT2D eigenvalue weighted by molar-refractivity contribution is 7.99. The number of benzene rings is 2. The molecule has 0 unspecified atom stereocenters. The number of nitro benzene ring substituents is 1. The van der Waals surface area contributed by atoms with Crippen molar-refractivity contribution >= 4 is 29.0 Å². The minimum Gasteiger partial charge on any atom is -0.306 e. The lowest BCUT2D eigenvalue weighted by Gasteiger charge is -2.28. The van der Waals surface area contributed by atoms with E-state index >= 15 is 0 Å². The van der Waals surface area contributed by atoms with Crippen LogP contribution in [0.1, 0.15) is 10.4 Å². The van der Waals surface area contributed by atoms with Crippen LogP contribution in [0.25, 0.3) is 0 Å². The number of carbonyl (C=O) groups is 1. The van der Waals surface area contributed by atoms with Crippen LogP contribution < -0.4 is 4.90 Å². The summed E-state index contributed by atoms with van der Waals surface area (Å²) in [6.07, 6.45) is 0. The third-order valence-electron chi connectivity index (χ3n) is 3.28. The van der Waals surface area contributed by atoms with Crippen LogP contribution in [-0.2, 0) is 0 Å². The van der Waals surface area contributed by atoms with Crippen molar-refractivity contribution in [2.45, 2.75) is 4.90 Å². The standard InChI is InChI=1S/C15H12N2O3S/c18-15(11-4-2-1-3-5-11)16-8-9-21-14-7-6-12(17(19)20)10-13(14)16/h1-7,10H,8-9H2. The van der Waals surface area contributed by atoms with E-state index < -0.39 is 4.92 Å². The highest BCUT2D eigenvalue weighted by atomic mass is 32.2. The van der Waals surface area contributed by atoms with Gasteiger partial charge in [0, 0.05) is 34.9 Å². The number of hydrogen-bond donors (Lipinski definition) is 0. The summed E-state index contributed by atoms with van der Waals surface area (Å²) in [4.78, 5) is 25.6. The van der Waals surface area contributed by atoms with Gasteiger partial charge < -0.3 is 4.90 Å².